The zero-order chi connectivity index (χ0) is 13.6. The minimum atomic E-state index is -3.08. The summed E-state index contributed by atoms with van der Waals surface area (Å²) in [4.78, 5) is 21.5. The number of carbonyl (C=O) groups is 1. The van der Waals surface area contributed by atoms with E-state index in [9.17, 15) is 14.3 Å². The Morgan fingerprint density at radius 3 is 2.50 bits per heavy atom. The summed E-state index contributed by atoms with van der Waals surface area (Å²) >= 11 is 0. The summed E-state index contributed by atoms with van der Waals surface area (Å²) in [6.45, 7) is 3.73. The minimum absolute atomic E-state index is 0.285. The molecule has 0 aliphatic rings. The fourth-order valence-electron chi connectivity index (χ4n) is 1.55. The Hall–Kier alpha value is -1.12. The molecule has 18 heavy (non-hydrogen) atoms. The van der Waals surface area contributed by atoms with Crippen LogP contribution in [0.15, 0.2) is 30.3 Å². The predicted octanol–water partition coefficient (Wildman–Crippen LogP) is 2.71. The highest BCUT2D eigenvalue weighted by Crippen LogP contribution is 2.45. The van der Waals surface area contributed by atoms with E-state index in [0.717, 1.165) is 12.8 Å². The molecular weight excluding hydrogens is 251 g/mol. The molecule has 1 aromatic carbocycles. The largest absolute Gasteiger partial charge is 0.465 e. The van der Waals surface area contributed by atoms with Gasteiger partial charge in [-0.25, -0.2) is 0 Å². The third kappa shape index (κ3) is 3.21. The molecule has 1 rings (SSSR count). The summed E-state index contributed by atoms with van der Waals surface area (Å²) < 4.78 is 16.7. The van der Waals surface area contributed by atoms with Crippen molar-refractivity contribution in [2.45, 2.75) is 31.8 Å². The number of ether oxygens (including phenoxy) is 1. The van der Waals surface area contributed by atoms with Gasteiger partial charge in [0.15, 0.2) is 5.16 Å². The second kappa shape index (κ2) is 6.72. The van der Waals surface area contributed by atoms with E-state index < -0.39 is 19.2 Å². The van der Waals surface area contributed by atoms with Gasteiger partial charge >= 0.3 is 5.97 Å². The number of benzene rings is 1. The number of carbonyl (C=O) groups excluding carboxylic acids is 1. The minimum Gasteiger partial charge on any atom is -0.465 e. The van der Waals surface area contributed by atoms with Gasteiger partial charge in [-0.2, -0.15) is 0 Å². The smallest absolute Gasteiger partial charge is 0.325 e. The fraction of sp³-hybridized carbons (Fsp3) is 0.462. The van der Waals surface area contributed by atoms with E-state index in [1.54, 1.807) is 30.3 Å². The van der Waals surface area contributed by atoms with Crippen LogP contribution in [-0.2, 0) is 19.3 Å². The monoisotopic (exact) mass is 270 g/mol. The Kier molecular flexibility index (Phi) is 5.57. The van der Waals surface area contributed by atoms with Crippen molar-refractivity contribution in [3.8, 4) is 0 Å². The summed E-state index contributed by atoms with van der Waals surface area (Å²) in [7, 11) is -3.08. The molecular formula is C13H19O4P. The second-order valence-electron chi connectivity index (χ2n) is 4.29. The lowest BCUT2D eigenvalue weighted by molar-refractivity contribution is -0.147. The van der Waals surface area contributed by atoms with Crippen molar-refractivity contribution in [2.24, 2.45) is 0 Å². The first-order chi connectivity index (χ1) is 8.53. The summed E-state index contributed by atoms with van der Waals surface area (Å²) in [5.41, 5.74) is 0.512. The quantitative estimate of drug-likeness (QED) is 0.490. The number of esters is 1. The molecule has 1 N–H and O–H groups in total. The van der Waals surface area contributed by atoms with Crippen molar-refractivity contribution in [1.29, 1.82) is 0 Å². The predicted molar refractivity (Wildman–Crippen MR) is 70.9 cm³/mol. The molecule has 0 aliphatic heterocycles. The van der Waals surface area contributed by atoms with Crippen LogP contribution in [0.2, 0.25) is 0 Å². The average molecular weight is 270 g/mol. The zero-order valence-corrected chi connectivity index (χ0v) is 11.7. The summed E-state index contributed by atoms with van der Waals surface area (Å²) in [6.07, 6.45) is 1.66. The van der Waals surface area contributed by atoms with Gasteiger partial charge in [-0.3, -0.25) is 9.36 Å². The topological polar surface area (TPSA) is 63.6 Å². The van der Waals surface area contributed by atoms with Gasteiger partial charge in [0.1, 0.15) is 0 Å². The molecule has 100 valence electrons. The molecule has 0 aliphatic carbocycles. The maximum Gasteiger partial charge on any atom is 0.325 e. The van der Waals surface area contributed by atoms with E-state index in [-0.39, 0.29) is 6.61 Å². The highest BCUT2D eigenvalue weighted by atomic mass is 31.1. The van der Waals surface area contributed by atoms with Crippen molar-refractivity contribution in [3.63, 3.8) is 0 Å². The van der Waals surface area contributed by atoms with Gasteiger partial charge in [-0.15, -0.1) is 0 Å². The Bertz CT molecular complexity index is 418. The van der Waals surface area contributed by atoms with Crippen LogP contribution in [0.4, 0.5) is 0 Å². The van der Waals surface area contributed by atoms with Gasteiger partial charge in [-0.1, -0.05) is 43.7 Å². The maximum absolute atomic E-state index is 12.0. The lowest BCUT2D eigenvalue weighted by atomic mass is 10.0. The Labute approximate surface area is 108 Å². The van der Waals surface area contributed by atoms with Crippen LogP contribution in [0.25, 0.3) is 0 Å². The highest BCUT2D eigenvalue weighted by Gasteiger charge is 2.42. The summed E-state index contributed by atoms with van der Waals surface area (Å²) in [5.74, 6) is -0.631. The number of rotatable bonds is 6. The number of hydrogen-bond acceptors (Lipinski definition) is 3. The maximum atomic E-state index is 12.0. The van der Waals surface area contributed by atoms with Crippen molar-refractivity contribution in [1.82, 2.24) is 0 Å². The average Bonchev–Trinajstić information content (AvgIpc) is 2.38. The third-order valence-electron chi connectivity index (χ3n) is 2.92. The van der Waals surface area contributed by atoms with E-state index >= 15 is 0 Å². The van der Waals surface area contributed by atoms with Crippen molar-refractivity contribution < 1.29 is 19.0 Å². The Morgan fingerprint density at radius 2 is 2.00 bits per heavy atom. The van der Waals surface area contributed by atoms with Crippen molar-refractivity contribution in [3.05, 3.63) is 35.9 Å². The summed E-state index contributed by atoms with van der Waals surface area (Å²) in [6, 6.07) is 8.59. The second-order valence-corrected chi connectivity index (χ2v) is 5.90. The van der Waals surface area contributed by atoms with Crippen LogP contribution < -0.4 is 0 Å². The van der Waals surface area contributed by atoms with Crippen molar-refractivity contribution >= 4 is 14.0 Å². The van der Waals surface area contributed by atoms with E-state index in [1.807, 2.05) is 6.92 Å². The first-order valence-corrected chi connectivity index (χ1v) is 7.35. The van der Waals surface area contributed by atoms with Gasteiger partial charge in [0.05, 0.1) is 6.61 Å². The summed E-state index contributed by atoms with van der Waals surface area (Å²) in [5, 5.41) is -1.46. The lowest BCUT2D eigenvalue weighted by Crippen LogP contribution is -2.31. The molecule has 0 saturated carbocycles. The molecule has 0 fully saturated rings. The SMILES string of the molecule is CCCCOC(=O)C(C)(c1ccccc1)[PH](=O)O. The van der Waals surface area contributed by atoms with Crippen LogP contribution in [-0.4, -0.2) is 17.5 Å². The van der Waals surface area contributed by atoms with E-state index in [1.165, 1.54) is 6.92 Å². The van der Waals surface area contributed by atoms with Crippen LogP contribution >= 0.6 is 8.03 Å². The Morgan fingerprint density at radius 1 is 1.39 bits per heavy atom. The lowest BCUT2D eigenvalue weighted by Gasteiger charge is -2.24. The highest BCUT2D eigenvalue weighted by molar-refractivity contribution is 7.41. The molecule has 2 atom stereocenters. The number of unbranched alkanes of at least 4 members (excludes halogenated alkanes) is 1. The molecule has 0 amide bonds. The van der Waals surface area contributed by atoms with Gasteiger partial charge in [0, 0.05) is 0 Å². The first kappa shape index (κ1) is 14.9. The molecule has 5 heteroatoms. The molecule has 1 aromatic rings. The van der Waals surface area contributed by atoms with Gasteiger partial charge < -0.3 is 9.63 Å². The van der Waals surface area contributed by atoms with Gasteiger partial charge in [-0.05, 0) is 18.9 Å². The van der Waals surface area contributed by atoms with Gasteiger partial charge in [0.2, 0.25) is 8.03 Å². The molecule has 0 saturated heterocycles. The first-order valence-electron chi connectivity index (χ1n) is 5.99. The van der Waals surface area contributed by atoms with Crippen LogP contribution in [0.3, 0.4) is 0 Å². The van der Waals surface area contributed by atoms with Crippen LogP contribution in [0, 0.1) is 0 Å². The van der Waals surface area contributed by atoms with Gasteiger partial charge in [0.25, 0.3) is 0 Å². The van der Waals surface area contributed by atoms with Crippen LogP contribution in [0.5, 0.6) is 0 Å². The molecule has 0 aromatic heterocycles. The Balaban J connectivity index is 2.94. The molecule has 0 spiro atoms. The molecule has 2 unspecified atom stereocenters. The van der Waals surface area contributed by atoms with Crippen molar-refractivity contribution in [2.75, 3.05) is 6.61 Å². The molecule has 0 bridgehead atoms. The molecule has 4 nitrogen and oxygen atoms in total. The third-order valence-corrected chi connectivity index (χ3v) is 4.27. The van der Waals surface area contributed by atoms with E-state index in [0.29, 0.717) is 5.56 Å². The standard InChI is InChI=1S/C13H19O4P/c1-3-4-10-17-12(14)13(2,18(15)16)11-8-6-5-7-9-11/h5-9,18H,3-4,10H2,1-2H3,(H,15,16). The molecule has 0 heterocycles. The zero-order valence-electron chi connectivity index (χ0n) is 10.7. The fourth-order valence-corrected chi connectivity index (χ4v) is 2.21. The van der Waals surface area contributed by atoms with E-state index in [2.05, 4.69) is 0 Å². The molecule has 0 radical (unpaired) electrons. The number of hydrogen-bond donors (Lipinski definition) is 1. The van der Waals surface area contributed by atoms with E-state index in [4.69, 9.17) is 4.74 Å². The normalized spacial score (nSPS) is 15.7. The van der Waals surface area contributed by atoms with Crippen LogP contribution in [0.1, 0.15) is 32.3 Å².